The lowest BCUT2D eigenvalue weighted by Crippen LogP contribution is -2.60. The maximum absolute atomic E-state index is 14.1. The molecule has 0 saturated heterocycles. The maximum atomic E-state index is 14.1. The highest BCUT2D eigenvalue weighted by Gasteiger charge is 2.39. The molecule has 6 atom stereocenters. The second kappa shape index (κ2) is 17.3. The first-order valence-corrected chi connectivity index (χ1v) is 17.6. The summed E-state index contributed by atoms with van der Waals surface area (Å²) in [7, 11) is 0. The van der Waals surface area contributed by atoms with Crippen LogP contribution in [0, 0.1) is 11.8 Å². The van der Waals surface area contributed by atoms with E-state index in [0.717, 1.165) is 48.4 Å². The van der Waals surface area contributed by atoms with Crippen molar-refractivity contribution in [2.45, 2.75) is 149 Å². The predicted octanol–water partition coefficient (Wildman–Crippen LogP) is 6.12. The van der Waals surface area contributed by atoms with Crippen molar-refractivity contribution in [1.82, 2.24) is 15.5 Å². The fourth-order valence-electron chi connectivity index (χ4n) is 6.53. The molecule has 0 bridgehead atoms. The Morgan fingerprint density at radius 1 is 0.915 bits per heavy atom. The Bertz CT molecular complexity index is 1310. The molecule has 1 aliphatic rings. The van der Waals surface area contributed by atoms with Crippen LogP contribution in [-0.4, -0.2) is 75.0 Å². The molecule has 0 aliphatic heterocycles. The molecule has 3 amide bonds. The third-order valence-corrected chi connectivity index (χ3v) is 9.33. The van der Waals surface area contributed by atoms with Crippen molar-refractivity contribution in [2.24, 2.45) is 11.8 Å². The van der Waals surface area contributed by atoms with Crippen molar-refractivity contribution in [3.05, 3.63) is 48.0 Å². The average molecular weight is 654 g/mol. The molecule has 0 spiro atoms. The summed E-state index contributed by atoms with van der Waals surface area (Å²) in [5.41, 5.74) is 0.210. The number of hydrogen-bond donors (Lipinski definition) is 4. The molecular formula is C38H59N3O6. The standard InChI is InChI=1S/C38H59N3O6/c1-9-25(4)33(40-35(44)26(5)41(29-19-11-10-12-20-29)37(46)47-38(6,7)8)36(45)39-31(34(43)32(42)22-24(2)3)23-28-18-15-17-27-16-13-14-21-30(27)28/h13-18,21,24-26,29,31-34,42-43H,9-12,19-20,22-23H2,1-8H3,(H,39,45)(H,40,44)/t25-,26-,31-,32-,33-,34+/m0/s1. The Morgan fingerprint density at radius 2 is 1.55 bits per heavy atom. The Hall–Kier alpha value is -3.17. The molecule has 0 unspecified atom stereocenters. The molecule has 0 radical (unpaired) electrons. The van der Waals surface area contributed by atoms with E-state index in [1.54, 1.807) is 32.6 Å². The largest absolute Gasteiger partial charge is 0.444 e. The fraction of sp³-hybridized carbons (Fsp3) is 0.658. The number of carbonyl (C=O) groups is 3. The van der Waals surface area contributed by atoms with Crippen molar-refractivity contribution in [3.8, 4) is 0 Å². The lowest BCUT2D eigenvalue weighted by Gasteiger charge is -2.39. The summed E-state index contributed by atoms with van der Waals surface area (Å²) in [6.45, 7) is 14.9. The van der Waals surface area contributed by atoms with Crippen LogP contribution in [0.4, 0.5) is 4.79 Å². The van der Waals surface area contributed by atoms with Crippen LogP contribution in [0.3, 0.4) is 0 Å². The van der Waals surface area contributed by atoms with Crippen LogP contribution in [0.5, 0.6) is 0 Å². The first-order valence-electron chi connectivity index (χ1n) is 17.6. The zero-order chi connectivity index (χ0) is 34.9. The summed E-state index contributed by atoms with van der Waals surface area (Å²) in [6.07, 6.45) is 3.06. The molecule has 9 nitrogen and oxygen atoms in total. The van der Waals surface area contributed by atoms with Crippen LogP contribution >= 0.6 is 0 Å². The van der Waals surface area contributed by atoms with Crippen LogP contribution < -0.4 is 10.6 Å². The minimum absolute atomic E-state index is 0.127. The third kappa shape index (κ3) is 10.9. The molecule has 2 aromatic rings. The minimum Gasteiger partial charge on any atom is -0.444 e. The summed E-state index contributed by atoms with van der Waals surface area (Å²) in [6, 6.07) is 11.1. The Kier molecular flexibility index (Phi) is 14.1. The quantitative estimate of drug-likeness (QED) is 0.194. The molecule has 1 aliphatic carbocycles. The summed E-state index contributed by atoms with van der Waals surface area (Å²) >= 11 is 0. The van der Waals surface area contributed by atoms with Gasteiger partial charge in [-0.1, -0.05) is 95.8 Å². The molecule has 3 rings (SSSR count). The van der Waals surface area contributed by atoms with Gasteiger partial charge in [0.2, 0.25) is 11.8 Å². The van der Waals surface area contributed by atoms with Gasteiger partial charge in [-0.2, -0.15) is 0 Å². The predicted molar refractivity (Wildman–Crippen MR) is 187 cm³/mol. The number of nitrogens with one attached hydrogen (secondary N) is 2. The van der Waals surface area contributed by atoms with Crippen molar-refractivity contribution >= 4 is 28.7 Å². The highest BCUT2D eigenvalue weighted by atomic mass is 16.6. The van der Waals surface area contributed by atoms with Crippen molar-refractivity contribution in [1.29, 1.82) is 0 Å². The third-order valence-electron chi connectivity index (χ3n) is 9.33. The lowest BCUT2D eigenvalue weighted by atomic mass is 9.90. The van der Waals surface area contributed by atoms with Gasteiger partial charge >= 0.3 is 6.09 Å². The molecule has 4 N–H and O–H groups in total. The van der Waals surface area contributed by atoms with Crippen LogP contribution in [0.2, 0.25) is 0 Å². The monoisotopic (exact) mass is 653 g/mol. The SMILES string of the molecule is CC[C@H](C)[C@H](NC(=O)[C@H](C)N(C(=O)OC(C)(C)C)C1CCCCC1)C(=O)N[C@@H](Cc1cccc2ccccc12)[C@@H](O)[C@@H](O)CC(C)C. The number of fused-ring (bicyclic) bond motifs is 1. The van der Waals surface area contributed by atoms with Gasteiger partial charge in [-0.3, -0.25) is 14.5 Å². The molecular weight excluding hydrogens is 594 g/mol. The number of rotatable bonds is 14. The number of aliphatic hydroxyl groups excluding tert-OH is 2. The number of nitrogens with zero attached hydrogens (tertiary/aromatic N) is 1. The van der Waals surface area contributed by atoms with Gasteiger partial charge in [0.15, 0.2) is 0 Å². The molecule has 2 aromatic carbocycles. The number of benzene rings is 2. The average Bonchev–Trinajstić information content (AvgIpc) is 3.01. The fourth-order valence-corrected chi connectivity index (χ4v) is 6.53. The van der Waals surface area contributed by atoms with E-state index < -0.39 is 53.8 Å². The minimum atomic E-state index is -1.23. The first-order chi connectivity index (χ1) is 22.1. The van der Waals surface area contributed by atoms with Gasteiger partial charge in [0, 0.05) is 6.04 Å². The van der Waals surface area contributed by atoms with E-state index in [1.165, 1.54) is 0 Å². The Balaban J connectivity index is 1.88. The highest BCUT2D eigenvalue weighted by molar-refractivity contribution is 5.91. The number of ether oxygens (including phenoxy) is 1. The van der Waals surface area contributed by atoms with E-state index in [2.05, 4.69) is 10.6 Å². The molecule has 262 valence electrons. The second-order valence-corrected chi connectivity index (χ2v) is 14.9. The zero-order valence-corrected chi connectivity index (χ0v) is 29.8. The molecule has 9 heteroatoms. The van der Waals surface area contributed by atoms with Gasteiger partial charge < -0.3 is 25.6 Å². The molecule has 1 fully saturated rings. The van der Waals surface area contributed by atoms with Crippen molar-refractivity contribution in [3.63, 3.8) is 0 Å². The summed E-state index contributed by atoms with van der Waals surface area (Å²) in [4.78, 5) is 43.0. The van der Waals surface area contributed by atoms with Gasteiger partial charge in [0.1, 0.15) is 23.8 Å². The van der Waals surface area contributed by atoms with Gasteiger partial charge in [0.05, 0.1) is 12.1 Å². The first kappa shape index (κ1) is 38.3. The number of hydrogen-bond acceptors (Lipinski definition) is 6. The van der Waals surface area contributed by atoms with E-state index >= 15 is 0 Å². The van der Waals surface area contributed by atoms with Crippen molar-refractivity contribution < 1.29 is 29.3 Å². The topological polar surface area (TPSA) is 128 Å². The van der Waals surface area contributed by atoms with E-state index in [9.17, 15) is 24.6 Å². The molecule has 1 saturated carbocycles. The lowest BCUT2D eigenvalue weighted by molar-refractivity contribution is -0.134. The van der Waals surface area contributed by atoms with Gasteiger partial charge in [-0.25, -0.2) is 4.79 Å². The summed E-state index contributed by atoms with van der Waals surface area (Å²) < 4.78 is 5.74. The number of amides is 3. The summed E-state index contributed by atoms with van der Waals surface area (Å²) in [5, 5.41) is 30.4. The van der Waals surface area contributed by atoms with Gasteiger partial charge in [-0.05, 0) is 81.5 Å². The molecule has 47 heavy (non-hydrogen) atoms. The Morgan fingerprint density at radius 3 is 2.17 bits per heavy atom. The zero-order valence-electron chi connectivity index (χ0n) is 29.8. The highest BCUT2D eigenvalue weighted by Crippen LogP contribution is 2.27. The van der Waals surface area contributed by atoms with Crippen LogP contribution in [0.1, 0.15) is 106 Å². The van der Waals surface area contributed by atoms with E-state index in [0.29, 0.717) is 12.8 Å². The van der Waals surface area contributed by atoms with Crippen LogP contribution in [0.15, 0.2) is 42.5 Å². The van der Waals surface area contributed by atoms with E-state index in [1.807, 2.05) is 70.2 Å². The van der Waals surface area contributed by atoms with Gasteiger partial charge in [-0.15, -0.1) is 0 Å². The number of aliphatic hydroxyl groups is 2. The van der Waals surface area contributed by atoms with E-state index in [-0.39, 0.29) is 24.3 Å². The summed E-state index contributed by atoms with van der Waals surface area (Å²) in [5.74, 6) is -0.985. The smallest absolute Gasteiger partial charge is 0.411 e. The van der Waals surface area contributed by atoms with Crippen LogP contribution in [0.25, 0.3) is 10.8 Å². The second-order valence-electron chi connectivity index (χ2n) is 14.9. The molecule has 0 aromatic heterocycles. The molecule has 0 heterocycles. The Labute approximate surface area is 281 Å². The number of carbonyl (C=O) groups excluding carboxylic acids is 3. The van der Waals surface area contributed by atoms with Gasteiger partial charge in [0.25, 0.3) is 0 Å². The normalized spacial score (nSPS) is 18.1. The van der Waals surface area contributed by atoms with Crippen molar-refractivity contribution in [2.75, 3.05) is 0 Å². The van der Waals surface area contributed by atoms with Crippen LogP contribution in [-0.2, 0) is 20.7 Å². The van der Waals surface area contributed by atoms with E-state index in [4.69, 9.17) is 4.74 Å². The maximum Gasteiger partial charge on any atom is 0.411 e.